The molecule has 1 saturated heterocycles. The van der Waals surface area contributed by atoms with E-state index in [2.05, 4.69) is 5.32 Å². The van der Waals surface area contributed by atoms with Crippen LogP contribution in [0.15, 0.2) is 23.8 Å². The van der Waals surface area contributed by atoms with Crippen LogP contribution in [0.2, 0.25) is 0 Å². The predicted octanol–water partition coefficient (Wildman–Crippen LogP) is 1.01. The first-order valence-corrected chi connectivity index (χ1v) is 13.1. The van der Waals surface area contributed by atoms with Crippen LogP contribution in [0.3, 0.4) is 0 Å². The number of nitrogens with one attached hydrogen (secondary N) is 1. The monoisotopic (exact) mass is 518 g/mol. The number of benzene rings is 1. The highest BCUT2D eigenvalue weighted by atomic mass is 16.5. The highest BCUT2D eigenvalue weighted by Crippen LogP contribution is 2.51. The Kier molecular flexibility index (Phi) is 9.07. The third kappa shape index (κ3) is 5.62. The second kappa shape index (κ2) is 12.3. The summed E-state index contributed by atoms with van der Waals surface area (Å²) in [5.74, 6) is -0.371. The molecule has 4 rings (SSSR count). The molecule has 3 aliphatic rings. The molecule has 2 aliphatic heterocycles. The van der Waals surface area contributed by atoms with Gasteiger partial charge in [0.25, 0.3) is 0 Å². The summed E-state index contributed by atoms with van der Waals surface area (Å²) >= 11 is 0. The van der Waals surface area contributed by atoms with E-state index in [0.29, 0.717) is 54.2 Å². The van der Waals surface area contributed by atoms with Crippen LogP contribution in [-0.4, -0.2) is 89.8 Å². The Morgan fingerprint density at radius 1 is 1.27 bits per heavy atom. The predicted molar refractivity (Wildman–Crippen MR) is 134 cm³/mol. The van der Waals surface area contributed by atoms with Crippen LogP contribution in [0.5, 0.6) is 11.5 Å². The first-order valence-electron chi connectivity index (χ1n) is 13.1. The highest BCUT2D eigenvalue weighted by molar-refractivity contribution is 5.96. The number of rotatable bonds is 11. The van der Waals surface area contributed by atoms with Crippen LogP contribution in [0.1, 0.15) is 56.1 Å². The Morgan fingerprint density at radius 3 is 2.73 bits per heavy atom. The number of aliphatic hydroxyl groups excluding tert-OH is 3. The summed E-state index contributed by atoms with van der Waals surface area (Å²) in [5.41, 5.74) is 1.55. The summed E-state index contributed by atoms with van der Waals surface area (Å²) in [5, 5.41) is 33.4. The van der Waals surface area contributed by atoms with Crippen LogP contribution in [0.4, 0.5) is 0 Å². The topological polar surface area (TPSA) is 138 Å². The largest absolute Gasteiger partial charge is 0.493 e. The number of aliphatic hydroxyl groups is 3. The van der Waals surface area contributed by atoms with Gasteiger partial charge >= 0.3 is 0 Å². The number of carbonyl (C=O) groups excluding carboxylic acids is 2. The van der Waals surface area contributed by atoms with Crippen molar-refractivity contribution in [2.45, 2.75) is 75.9 Å². The second-order valence-electron chi connectivity index (χ2n) is 9.80. The molecule has 0 radical (unpaired) electrons. The smallest absolute Gasteiger partial charge is 0.247 e. The molecule has 0 spiro atoms. The van der Waals surface area contributed by atoms with Crippen LogP contribution in [-0.2, 0) is 20.9 Å². The maximum Gasteiger partial charge on any atom is 0.247 e. The summed E-state index contributed by atoms with van der Waals surface area (Å²) in [6.07, 6.45) is 3.18. The molecule has 1 aromatic carbocycles. The summed E-state index contributed by atoms with van der Waals surface area (Å²) in [4.78, 5) is 28.4. The number of unbranched alkanes of at least 4 members (excludes halogenated alkanes) is 1. The molecule has 0 unspecified atom stereocenters. The molecule has 10 heteroatoms. The SMILES string of the molecule is CCCCC(=O)N(C[C@H]1CCCO1)[C@@H]1C=C(C(=O)NCCO)[C@@H]2c3cc(CO)cc(OC)c3O[C@@H]2[C@H]1O. The van der Waals surface area contributed by atoms with Crippen molar-refractivity contribution in [3.05, 3.63) is 34.9 Å². The molecule has 37 heavy (non-hydrogen) atoms. The van der Waals surface area contributed by atoms with Gasteiger partial charge in [-0.3, -0.25) is 9.59 Å². The van der Waals surface area contributed by atoms with Crippen molar-refractivity contribution >= 4 is 11.8 Å². The molecule has 10 nitrogen and oxygen atoms in total. The van der Waals surface area contributed by atoms with Crippen LogP contribution < -0.4 is 14.8 Å². The lowest BCUT2D eigenvalue weighted by molar-refractivity contribution is -0.139. The number of fused-ring (bicyclic) bond motifs is 3. The van der Waals surface area contributed by atoms with E-state index in [-0.39, 0.29) is 31.8 Å². The number of ether oxygens (including phenoxy) is 3. The Labute approximate surface area is 217 Å². The minimum Gasteiger partial charge on any atom is -0.493 e. The van der Waals surface area contributed by atoms with Crippen molar-refractivity contribution in [1.29, 1.82) is 0 Å². The van der Waals surface area contributed by atoms with Crippen molar-refractivity contribution < 1.29 is 39.1 Å². The molecule has 1 fully saturated rings. The van der Waals surface area contributed by atoms with Gasteiger partial charge < -0.3 is 39.7 Å². The standard InChI is InChI=1S/C27H38N2O8/c1-3-4-7-22(32)29(14-17-6-5-10-36-17)20-13-19(27(34)28-8-9-30)23-18-11-16(15-31)12-21(35-2)25(18)37-26(23)24(20)33/h11-13,17,20,23-24,26,30-31,33H,3-10,14-15H2,1-2H3,(H,28,34)/t17-,20-,23+,24+,26+/m1/s1. The van der Waals surface area contributed by atoms with Crippen molar-refractivity contribution in [3.63, 3.8) is 0 Å². The van der Waals surface area contributed by atoms with Crippen molar-refractivity contribution in [3.8, 4) is 11.5 Å². The Balaban J connectivity index is 1.76. The molecular formula is C27H38N2O8. The van der Waals surface area contributed by atoms with E-state index in [9.17, 15) is 24.9 Å². The van der Waals surface area contributed by atoms with Gasteiger partial charge in [0, 0.05) is 37.3 Å². The van der Waals surface area contributed by atoms with Crippen LogP contribution in [0, 0.1) is 0 Å². The van der Waals surface area contributed by atoms with Crippen molar-refractivity contribution in [1.82, 2.24) is 10.2 Å². The molecule has 2 heterocycles. The van der Waals surface area contributed by atoms with E-state index in [1.54, 1.807) is 23.1 Å². The van der Waals surface area contributed by atoms with Gasteiger partial charge in [-0.1, -0.05) is 13.3 Å². The number of amides is 2. The second-order valence-corrected chi connectivity index (χ2v) is 9.80. The lowest BCUT2D eigenvalue weighted by atomic mass is 9.77. The fourth-order valence-electron chi connectivity index (χ4n) is 5.49. The summed E-state index contributed by atoms with van der Waals surface area (Å²) in [6.45, 7) is 2.56. The minimum atomic E-state index is -1.12. The van der Waals surface area contributed by atoms with Gasteiger partial charge in [-0.05, 0) is 43.0 Å². The maximum atomic E-state index is 13.4. The van der Waals surface area contributed by atoms with E-state index in [0.717, 1.165) is 19.3 Å². The van der Waals surface area contributed by atoms with Crippen molar-refractivity contribution in [2.75, 3.05) is 33.4 Å². The Bertz CT molecular complexity index is 1010. The average molecular weight is 519 g/mol. The molecular weight excluding hydrogens is 480 g/mol. The number of hydrogen-bond donors (Lipinski definition) is 4. The number of carbonyl (C=O) groups is 2. The molecule has 1 aromatic rings. The van der Waals surface area contributed by atoms with Gasteiger partial charge in [-0.2, -0.15) is 0 Å². The maximum absolute atomic E-state index is 13.4. The first kappa shape index (κ1) is 27.4. The van der Waals surface area contributed by atoms with Gasteiger partial charge in [-0.15, -0.1) is 0 Å². The summed E-state index contributed by atoms with van der Waals surface area (Å²) < 4.78 is 17.5. The Morgan fingerprint density at radius 2 is 2.08 bits per heavy atom. The molecule has 0 aromatic heterocycles. The van der Waals surface area contributed by atoms with E-state index in [1.165, 1.54) is 7.11 Å². The van der Waals surface area contributed by atoms with Gasteiger partial charge in [0.1, 0.15) is 12.2 Å². The first-order chi connectivity index (χ1) is 17.9. The van der Waals surface area contributed by atoms with Gasteiger partial charge in [0.05, 0.1) is 38.4 Å². The lowest BCUT2D eigenvalue weighted by Gasteiger charge is -2.41. The zero-order valence-electron chi connectivity index (χ0n) is 21.5. The highest BCUT2D eigenvalue weighted by Gasteiger charge is 2.51. The van der Waals surface area contributed by atoms with E-state index < -0.39 is 30.1 Å². The number of nitrogens with zero attached hydrogens (tertiary/aromatic N) is 1. The third-order valence-corrected chi connectivity index (χ3v) is 7.34. The average Bonchev–Trinajstić information content (AvgIpc) is 3.57. The number of methoxy groups -OCH3 is 1. The molecule has 2 amide bonds. The summed E-state index contributed by atoms with van der Waals surface area (Å²) in [6, 6.07) is 2.61. The Hall–Kier alpha value is -2.66. The number of hydrogen-bond acceptors (Lipinski definition) is 8. The van der Waals surface area contributed by atoms with E-state index in [1.807, 2.05) is 6.92 Å². The fraction of sp³-hybridized carbons (Fsp3) is 0.630. The van der Waals surface area contributed by atoms with Gasteiger partial charge in [-0.25, -0.2) is 0 Å². The van der Waals surface area contributed by atoms with E-state index >= 15 is 0 Å². The van der Waals surface area contributed by atoms with Gasteiger partial charge in [0.2, 0.25) is 11.8 Å². The van der Waals surface area contributed by atoms with Crippen molar-refractivity contribution in [2.24, 2.45) is 0 Å². The van der Waals surface area contributed by atoms with Gasteiger partial charge in [0.15, 0.2) is 11.5 Å². The summed E-state index contributed by atoms with van der Waals surface area (Å²) in [7, 11) is 1.49. The zero-order valence-corrected chi connectivity index (χ0v) is 21.5. The zero-order chi connectivity index (χ0) is 26.5. The molecule has 4 N–H and O–H groups in total. The lowest BCUT2D eigenvalue weighted by Crippen LogP contribution is -2.57. The molecule has 0 bridgehead atoms. The normalized spacial score (nSPS) is 26.1. The molecule has 1 aliphatic carbocycles. The van der Waals surface area contributed by atoms with E-state index in [4.69, 9.17) is 14.2 Å². The molecule has 5 atom stereocenters. The van der Waals surface area contributed by atoms with Crippen LogP contribution >= 0.6 is 0 Å². The molecule has 0 saturated carbocycles. The minimum absolute atomic E-state index is 0.0591. The third-order valence-electron chi connectivity index (χ3n) is 7.34. The fourth-order valence-corrected chi connectivity index (χ4v) is 5.49. The van der Waals surface area contributed by atoms with Crippen LogP contribution in [0.25, 0.3) is 0 Å². The quantitative estimate of drug-likeness (QED) is 0.341. The molecule has 204 valence electrons.